The highest BCUT2D eigenvalue weighted by atomic mass is 35.5. The van der Waals surface area contributed by atoms with Crippen LogP contribution in [0.25, 0.3) is 6.08 Å². The van der Waals surface area contributed by atoms with E-state index in [1.165, 1.54) is 10.5 Å². The van der Waals surface area contributed by atoms with Gasteiger partial charge in [-0.2, -0.15) is 0 Å². The van der Waals surface area contributed by atoms with Gasteiger partial charge in [-0.05, 0) is 70.9 Å². The number of nitrogens with zero attached hydrogens (tertiary/aromatic N) is 3. The smallest absolute Gasteiger partial charge is 0.293 e. The van der Waals surface area contributed by atoms with Crippen molar-refractivity contribution in [3.63, 3.8) is 0 Å². The van der Waals surface area contributed by atoms with Crippen LogP contribution in [-0.4, -0.2) is 65.0 Å². The van der Waals surface area contributed by atoms with E-state index in [0.717, 1.165) is 42.7 Å². The maximum absolute atomic E-state index is 13.3. The lowest BCUT2D eigenvalue weighted by atomic mass is 10.1. The Kier molecular flexibility index (Phi) is 8.35. The summed E-state index contributed by atoms with van der Waals surface area (Å²) in [7, 11) is 1.66. The second-order valence-corrected chi connectivity index (χ2v) is 10.9. The van der Waals surface area contributed by atoms with E-state index in [1.54, 1.807) is 49.6 Å². The van der Waals surface area contributed by atoms with Crippen LogP contribution in [0.4, 0.5) is 4.79 Å². The number of benzene rings is 3. The quantitative estimate of drug-likeness (QED) is 0.353. The molecule has 0 radical (unpaired) electrons. The van der Waals surface area contributed by atoms with Crippen molar-refractivity contribution >= 4 is 46.5 Å². The number of thioether (sulfide) groups is 1. The summed E-state index contributed by atoms with van der Waals surface area (Å²) in [6, 6.07) is 22.3. The van der Waals surface area contributed by atoms with Crippen molar-refractivity contribution in [2.45, 2.75) is 13.1 Å². The van der Waals surface area contributed by atoms with Gasteiger partial charge in [0.25, 0.3) is 17.1 Å². The maximum atomic E-state index is 13.3. The van der Waals surface area contributed by atoms with Gasteiger partial charge in [0.2, 0.25) is 0 Å². The van der Waals surface area contributed by atoms with Crippen LogP contribution in [-0.2, 0) is 17.9 Å². The largest absolute Gasteiger partial charge is 0.497 e. The van der Waals surface area contributed by atoms with E-state index in [1.807, 2.05) is 29.2 Å². The molecule has 3 amide bonds. The Morgan fingerprint density at radius 1 is 0.923 bits per heavy atom. The summed E-state index contributed by atoms with van der Waals surface area (Å²) in [5.41, 5.74) is 3.25. The molecule has 0 spiro atoms. The minimum atomic E-state index is -0.352. The van der Waals surface area contributed by atoms with Gasteiger partial charge in [0, 0.05) is 43.3 Å². The Bertz CT molecular complexity index is 1420. The van der Waals surface area contributed by atoms with Crippen LogP contribution in [0.5, 0.6) is 5.75 Å². The van der Waals surface area contributed by atoms with Gasteiger partial charge in [0.15, 0.2) is 0 Å². The molecule has 0 unspecified atom stereocenters. The van der Waals surface area contributed by atoms with Gasteiger partial charge in [0.1, 0.15) is 5.75 Å². The first kappa shape index (κ1) is 27.0. The fraction of sp³-hybridized carbons (Fsp3) is 0.233. The molecule has 3 aromatic carbocycles. The zero-order valence-corrected chi connectivity index (χ0v) is 23.1. The monoisotopic (exact) mass is 561 g/mol. The number of carbonyl (C=O) groups excluding carboxylic acids is 3. The average Bonchev–Trinajstić information content (AvgIpc) is 3.21. The molecule has 0 saturated carbocycles. The third kappa shape index (κ3) is 6.53. The minimum Gasteiger partial charge on any atom is -0.497 e. The molecule has 200 valence electrons. The standard InChI is InChI=1S/C30H28ClN3O4S/c1-38-26-10-8-21(9-11-26)19-32-12-14-33(15-13-32)28(35)24-6-2-4-22(16-24)18-27-29(36)34(30(37)39-27)20-23-5-3-7-25(31)17-23/h2-11,16-18H,12-15,19-20H2,1H3. The van der Waals surface area contributed by atoms with Crippen molar-refractivity contribution in [3.05, 3.63) is 105 Å². The molecule has 2 saturated heterocycles. The fourth-order valence-corrected chi connectivity index (χ4v) is 5.70. The number of ether oxygens (including phenoxy) is 1. The molecule has 39 heavy (non-hydrogen) atoms. The number of hydrogen-bond acceptors (Lipinski definition) is 6. The Labute approximate surface area is 237 Å². The summed E-state index contributed by atoms with van der Waals surface area (Å²) in [5, 5.41) is 0.223. The Hall–Kier alpha value is -3.59. The molecular weight excluding hydrogens is 534 g/mol. The third-order valence-corrected chi connectivity index (χ3v) is 7.90. The van der Waals surface area contributed by atoms with Crippen molar-refractivity contribution in [1.29, 1.82) is 0 Å². The minimum absolute atomic E-state index is 0.0385. The first-order valence-corrected chi connectivity index (χ1v) is 13.8. The molecule has 9 heteroatoms. The van der Waals surface area contributed by atoms with Crippen molar-refractivity contribution in [1.82, 2.24) is 14.7 Å². The highest BCUT2D eigenvalue weighted by Crippen LogP contribution is 2.33. The number of halogens is 1. The molecule has 2 heterocycles. The van der Waals surface area contributed by atoms with Crippen molar-refractivity contribution < 1.29 is 19.1 Å². The number of imide groups is 1. The third-order valence-electron chi connectivity index (χ3n) is 6.76. The van der Waals surface area contributed by atoms with E-state index in [4.69, 9.17) is 16.3 Å². The van der Waals surface area contributed by atoms with Gasteiger partial charge in [-0.25, -0.2) is 0 Å². The van der Waals surface area contributed by atoms with Gasteiger partial charge < -0.3 is 9.64 Å². The highest BCUT2D eigenvalue weighted by molar-refractivity contribution is 8.18. The molecule has 0 aromatic heterocycles. The van der Waals surface area contributed by atoms with Crippen LogP contribution in [0, 0.1) is 0 Å². The van der Waals surface area contributed by atoms with Crippen LogP contribution in [0.2, 0.25) is 5.02 Å². The van der Waals surface area contributed by atoms with Crippen molar-refractivity contribution in [3.8, 4) is 5.75 Å². The van der Waals surface area contributed by atoms with Crippen LogP contribution in [0.3, 0.4) is 0 Å². The molecule has 0 atom stereocenters. The zero-order valence-electron chi connectivity index (χ0n) is 21.5. The Balaban J connectivity index is 1.20. The first-order valence-electron chi connectivity index (χ1n) is 12.6. The number of carbonyl (C=O) groups is 3. The second kappa shape index (κ2) is 12.1. The lowest BCUT2D eigenvalue weighted by Crippen LogP contribution is -2.48. The number of amides is 3. The van der Waals surface area contributed by atoms with Gasteiger partial charge >= 0.3 is 0 Å². The van der Waals surface area contributed by atoms with Crippen LogP contribution in [0.1, 0.15) is 27.0 Å². The Morgan fingerprint density at radius 3 is 2.38 bits per heavy atom. The molecule has 2 aliphatic rings. The number of methoxy groups -OCH3 is 1. The maximum Gasteiger partial charge on any atom is 0.293 e. The van der Waals surface area contributed by atoms with Crippen LogP contribution < -0.4 is 4.74 Å². The van der Waals surface area contributed by atoms with E-state index in [-0.39, 0.29) is 23.6 Å². The van der Waals surface area contributed by atoms with Gasteiger partial charge in [-0.3, -0.25) is 24.2 Å². The van der Waals surface area contributed by atoms with Crippen LogP contribution >= 0.6 is 23.4 Å². The Morgan fingerprint density at radius 2 is 1.67 bits per heavy atom. The lowest BCUT2D eigenvalue weighted by Gasteiger charge is -2.34. The second-order valence-electron chi connectivity index (χ2n) is 9.44. The molecule has 0 aliphatic carbocycles. The summed E-state index contributed by atoms with van der Waals surface area (Å²) in [5.74, 6) is 0.447. The van der Waals surface area contributed by atoms with E-state index >= 15 is 0 Å². The number of piperazine rings is 1. The molecule has 2 aliphatic heterocycles. The van der Waals surface area contributed by atoms with E-state index in [0.29, 0.717) is 34.1 Å². The topological polar surface area (TPSA) is 70.2 Å². The molecule has 3 aromatic rings. The fourth-order valence-electron chi connectivity index (χ4n) is 4.65. The summed E-state index contributed by atoms with van der Waals surface area (Å²) >= 11 is 6.95. The van der Waals surface area contributed by atoms with Gasteiger partial charge in [0.05, 0.1) is 18.6 Å². The lowest BCUT2D eigenvalue weighted by molar-refractivity contribution is -0.123. The van der Waals surface area contributed by atoms with Gasteiger partial charge in [-0.1, -0.05) is 48.0 Å². The molecule has 0 bridgehead atoms. The molecular formula is C30H28ClN3O4S. The number of rotatable bonds is 7. The summed E-state index contributed by atoms with van der Waals surface area (Å²) in [6.45, 7) is 3.84. The predicted octanol–water partition coefficient (Wildman–Crippen LogP) is 5.54. The SMILES string of the molecule is COc1ccc(CN2CCN(C(=O)c3cccc(C=C4SC(=O)N(Cc5cccc(Cl)c5)C4=O)c3)CC2)cc1. The van der Waals surface area contributed by atoms with E-state index < -0.39 is 0 Å². The van der Waals surface area contributed by atoms with E-state index in [2.05, 4.69) is 17.0 Å². The molecule has 7 nitrogen and oxygen atoms in total. The summed E-state index contributed by atoms with van der Waals surface area (Å²) in [4.78, 5) is 44.5. The first-order chi connectivity index (χ1) is 18.9. The van der Waals surface area contributed by atoms with Crippen LogP contribution in [0.15, 0.2) is 77.7 Å². The molecule has 5 rings (SSSR count). The molecule has 2 fully saturated rings. The van der Waals surface area contributed by atoms with E-state index in [9.17, 15) is 14.4 Å². The number of hydrogen-bond donors (Lipinski definition) is 0. The normalized spacial score (nSPS) is 17.2. The van der Waals surface area contributed by atoms with Crippen molar-refractivity contribution in [2.75, 3.05) is 33.3 Å². The van der Waals surface area contributed by atoms with Gasteiger partial charge in [-0.15, -0.1) is 0 Å². The average molecular weight is 562 g/mol. The summed E-state index contributed by atoms with van der Waals surface area (Å²) < 4.78 is 5.23. The summed E-state index contributed by atoms with van der Waals surface area (Å²) in [6.07, 6.45) is 1.67. The highest BCUT2D eigenvalue weighted by Gasteiger charge is 2.35. The van der Waals surface area contributed by atoms with Crippen molar-refractivity contribution in [2.24, 2.45) is 0 Å². The predicted molar refractivity (Wildman–Crippen MR) is 154 cm³/mol. The molecule has 0 N–H and O–H groups in total. The zero-order chi connectivity index (χ0) is 27.4.